The Morgan fingerprint density at radius 2 is 1.73 bits per heavy atom. The zero-order valence-corrected chi connectivity index (χ0v) is 14.1. The van der Waals surface area contributed by atoms with Crippen LogP contribution in [-0.4, -0.2) is 36.7 Å². The summed E-state index contributed by atoms with van der Waals surface area (Å²) in [5.41, 5.74) is 2.52. The number of esters is 1. The fourth-order valence-corrected chi connectivity index (χ4v) is 2.32. The molecular weight excluding hydrogens is 282 g/mol. The van der Waals surface area contributed by atoms with E-state index in [0.29, 0.717) is 31.0 Å². The van der Waals surface area contributed by atoms with Crippen molar-refractivity contribution in [3.8, 4) is 5.75 Å². The topological polar surface area (TPSA) is 55.8 Å². The molecule has 1 aromatic rings. The quantitative estimate of drug-likeness (QED) is 0.757. The second kappa shape index (κ2) is 8.41. The molecule has 0 aliphatic heterocycles. The number of rotatable bonds is 6. The van der Waals surface area contributed by atoms with E-state index in [4.69, 9.17) is 9.47 Å². The number of hydrogen-bond acceptors (Lipinski definition) is 4. The highest BCUT2D eigenvalue weighted by molar-refractivity contribution is 5.76. The van der Waals surface area contributed by atoms with E-state index in [1.165, 1.54) is 0 Å². The molecule has 1 amide bonds. The third-order valence-electron chi connectivity index (χ3n) is 3.35. The molecule has 0 heterocycles. The fourth-order valence-electron chi connectivity index (χ4n) is 2.32. The van der Waals surface area contributed by atoms with Crippen LogP contribution in [-0.2, 0) is 16.0 Å². The van der Waals surface area contributed by atoms with Crippen LogP contribution in [0, 0.1) is 13.8 Å². The van der Waals surface area contributed by atoms with Gasteiger partial charge in [0, 0.05) is 18.7 Å². The van der Waals surface area contributed by atoms with Crippen molar-refractivity contribution in [2.24, 2.45) is 0 Å². The first-order valence-corrected chi connectivity index (χ1v) is 7.65. The summed E-state index contributed by atoms with van der Waals surface area (Å²) in [5.74, 6) is 0.128. The van der Waals surface area contributed by atoms with Crippen LogP contribution in [0.1, 0.15) is 37.5 Å². The van der Waals surface area contributed by atoms with Crippen molar-refractivity contribution in [2.75, 3.05) is 19.7 Å². The summed E-state index contributed by atoms with van der Waals surface area (Å²) in [4.78, 5) is 25.5. The van der Waals surface area contributed by atoms with Gasteiger partial charge in [-0.1, -0.05) is 17.7 Å². The van der Waals surface area contributed by atoms with Gasteiger partial charge < -0.3 is 14.4 Å². The van der Waals surface area contributed by atoms with Gasteiger partial charge in [0.15, 0.2) is 0 Å². The molecule has 0 spiro atoms. The Morgan fingerprint density at radius 3 is 2.27 bits per heavy atom. The van der Waals surface area contributed by atoms with Crippen LogP contribution in [0.2, 0.25) is 0 Å². The van der Waals surface area contributed by atoms with E-state index >= 15 is 0 Å². The van der Waals surface area contributed by atoms with Gasteiger partial charge in [-0.25, -0.2) is 4.79 Å². The van der Waals surface area contributed by atoms with Gasteiger partial charge in [-0.05, 0) is 40.2 Å². The number of hydrogen-bond donors (Lipinski definition) is 0. The SMILES string of the molecule is CCOC(=O)Cc1cc(C)cc(C)c1OC(=O)N(CC)CC. The normalized spacial score (nSPS) is 10.2. The van der Waals surface area contributed by atoms with E-state index in [1.807, 2.05) is 39.8 Å². The van der Waals surface area contributed by atoms with Gasteiger partial charge in [0.2, 0.25) is 0 Å². The van der Waals surface area contributed by atoms with Crippen molar-refractivity contribution < 1.29 is 19.1 Å². The number of carbonyl (C=O) groups excluding carboxylic acids is 2. The summed E-state index contributed by atoms with van der Waals surface area (Å²) in [5, 5.41) is 0. The minimum absolute atomic E-state index is 0.0945. The molecule has 0 fully saturated rings. The lowest BCUT2D eigenvalue weighted by Gasteiger charge is -2.20. The van der Waals surface area contributed by atoms with E-state index < -0.39 is 6.09 Å². The predicted molar refractivity (Wildman–Crippen MR) is 85.2 cm³/mol. The first-order chi connectivity index (χ1) is 10.4. The molecule has 0 saturated heterocycles. The molecule has 1 rings (SSSR count). The van der Waals surface area contributed by atoms with E-state index in [9.17, 15) is 9.59 Å². The van der Waals surface area contributed by atoms with Gasteiger partial charge >= 0.3 is 12.1 Å². The Hall–Kier alpha value is -2.04. The van der Waals surface area contributed by atoms with Crippen LogP contribution < -0.4 is 4.74 Å². The molecule has 122 valence electrons. The van der Waals surface area contributed by atoms with Crippen LogP contribution >= 0.6 is 0 Å². The van der Waals surface area contributed by atoms with E-state index in [-0.39, 0.29) is 12.4 Å². The third kappa shape index (κ3) is 4.76. The van der Waals surface area contributed by atoms with E-state index in [1.54, 1.807) is 11.8 Å². The van der Waals surface area contributed by atoms with Crippen LogP contribution in [0.4, 0.5) is 4.79 Å². The lowest BCUT2D eigenvalue weighted by atomic mass is 10.0. The summed E-state index contributed by atoms with van der Waals surface area (Å²) in [6.45, 7) is 10.8. The molecule has 22 heavy (non-hydrogen) atoms. The number of benzene rings is 1. The molecule has 0 aliphatic rings. The summed E-state index contributed by atoms with van der Waals surface area (Å²) in [6, 6.07) is 3.79. The Labute approximate surface area is 132 Å². The van der Waals surface area contributed by atoms with Crippen molar-refractivity contribution in [3.05, 3.63) is 28.8 Å². The van der Waals surface area contributed by atoms with Gasteiger partial charge in [-0.15, -0.1) is 0 Å². The van der Waals surface area contributed by atoms with Crippen LogP contribution in [0.5, 0.6) is 5.75 Å². The minimum Gasteiger partial charge on any atom is -0.466 e. The Bertz CT molecular complexity index is 536. The first-order valence-electron chi connectivity index (χ1n) is 7.65. The van der Waals surface area contributed by atoms with Gasteiger partial charge in [0.25, 0.3) is 0 Å². The molecule has 1 aromatic carbocycles. The Morgan fingerprint density at radius 1 is 1.09 bits per heavy atom. The average Bonchev–Trinajstić information content (AvgIpc) is 2.44. The van der Waals surface area contributed by atoms with Gasteiger partial charge in [-0.3, -0.25) is 4.79 Å². The lowest BCUT2D eigenvalue weighted by molar-refractivity contribution is -0.142. The maximum atomic E-state index is 12.2. The number of amides is 1. The molecule has 0 atom stereocenters. The lowest BCUT2D eigenvalue weighted by Crippen LogP contribution is -2.33. The largest absolute Gasteiger partial charge is 0.466 e. The molecule has 5 heteroatoms. The Kier molecular flexibility index (Phi) is 6.89. The summed E-state index contributed by atoms with van der Waals surface area (Å²) in [7, 11) is 0. The average molecular weight is 307 g/mol. The second-order valence-corrected chi connectivity index (χ2v) is 5.09. The second-order valence-electron chi connectivity index (χ2n) is 5.09. The first kappa shape index (κ1) is 18.0. The molecule has 0 aromatic heterocycles. The molecule has 5 nitrogen and oxygen atoms in total. The van der Waals surface area contributed by atoms with Crippen LogP contribution in [0.3, 0.4) is 0 Å². The minimum atomic E-state index is -0.401. The van der Waals surface area contributed by atoms with Crippen LogP contribution in [0.25, 0.3) is 0 Å². The molecule has 0 N–H and O–H groups in total. The standard InChI is InChI=1S/C17H25NO4/c1-6-18(7-2)17(20)22-16-13(5)9-12(4)10-14(16)11-15(19)21-8-3/h9-10H,6-8,11H2,1-5H3. The summed E-state index contributed by atoms with van der Waals surface area (Å²) in [6.07, 6.45) is -0.306. The fraction of sp³-hybridized carbons (Fsp3) is 0.529. The third-order valence-corrected chi connectivity index (χ3v) is 3.35. The molecule has 0 aliphatic carbocycles. The molecule has 0 unspecified atom stereocenters. The molecule has 0 bridgehead atoms. The van der Waals surface area contributed by atoms with Crippen molar-refractivity contribution >= 4 is 12.1 Å². The van der Waals surface area contributed by atoms with E-state index in [2.05, 4.69) is 0 Å². The zero-order chi connectivity index (χ0) is 16.7. The van der Waals surface area contributed by atoms with Gasteiger partial charge in [0.1, 0.15) is 5.75 Å². The maximum Gasteiger partial charge on any atom is 0.415 e. The number of aryl methyl sites for hydroxylation is 2. The van der Waals surface area contributed by atoms with Crippen molar-refractivity contribution in [3.63, 3.8) is 0 Å². The molecule has 0 saturated carbocycles. The van der Waals surface area contributed by atoms with Gasteiger partial charge in [-0.2, -0.15) is 0 Å². The summed E-state index contributed by atoms with van der Waals surface area (Å²) < 4.78 is 10.5. The van der Waals surface area contributed by atoms with Crippen LogP contribution in [0.15, 0.2) is 12.1 Å². The number of carbonyl (C=O) groups is 2. The molecule has 0 radical (unpaired) electrons. The molecular formula is C17H25NO4. The van der Waals surface area contributed by atoms with E-state index in [0.717, 1.165) is 11.1 Å². The zero-order valence-electron chi connectivity index (χ0n) is 14.1. The number of ether oxygens (including phenoxy) is 2. The predicted octanol–water partition coefficient (Wildman–Crippen LogP) is 3.25. The maximum absolute atomic E-state index is 12.2. The Balaban J connectivity index is 3.06. The van der Waals surface area contributed by atoms with Gasteiger partial charge in [0.05, 0.1) is 13.0 Å². The highest BCUT2D eigenvalue weighted by Gasteiger charge is 2.18. The monoisotopic (exact) mass is 307 g/mol. The smallest absolute Gasteiger partial charge is 0.415 e. The van der Waals surface area contributed by atoms with Crippen molar-refractivity contribution in [1.82, 2.24) is 4.90 Å². The van der Waals surface area contributed by atoms with Crippen molar-refractivity contribution in [1.29, 1.82) is 0 Å². The highest BCUT2D eigenvalue weighted by Crippen LogP contribution is 2.27. The number of nitrogens with zero attached hydrogens (tertiary/aromatic N) is 1. The highest BCUT2D eigenvalue weighted by atomic mass is 16.6. The summed E-state index contributed by atoms with van der Waals surface area (Å²) >= 11 is 0. The van der Waals surface area contributed by atoms with Crippen molar-refractivity contribution in [2.45, 2.75) is 41.0 Å².